The van der Waals surface area contributed by atoms with E-state index in [1.165, 1.54) is 13.0 Å². The second kappa shape index (κ2) is 6.91. The van der Waals surface area contributed by atoms with Gasteiger partial charge in [-0.2, -0.15) is 13.2 Å². The largest absolute Gasteiger partial charge is 0.433 e. The van der Waals surface area contributed by atoms with Crippen LogP contribution >= 0.6 is 11.6 Å². The quantitative estimate of drug-likeness (QED) is 0.706. The molecule has 0 spiro atoms. The Morgan fingerprint density at radius 2 is 1.81 bits per heavy atom. The van der Waals surface area contributed by atoms with Crippen molar-refractivity contribution < 1.29 is 18.0 Å². The number of hydrogen-bond acceptors (Lipinski definition) is 2. The average molecular weight is 383 g/mol. The number of nitrogens with zero attached hydrogens (tertiary/aromatic N) is 2. The van der Waals surface area contributed by atoms with Crippen LogP contribution in [0.2, 0.25) is 5.02 Å². The molecule has 1 aromatic carbocycles. The van der Waals surface area contributed by atoms with E-state index in [2.05, 4.69) is 4.98 Å². The van der Waals surface area contributed by atoms with Gasteiger partial charge < -0.3 is 4.90 Å². The van der Waals surface area contributed by atoms with Crippen molar-refractivity contribution in [2.45, 2.75) is 44.9 Å². The van der Waals surface area contributed by atoms with Gasteiger partial charge in [0.15, 0.2) is 0 Å². The fraction of sp³-hybridized carbons (Fsp3) is 0.368. The monoisotopic (exact) mass is 382 g/mol. The molecule has 1 aromatic heterocycles. The van der Waals surface area contributed by atoms with Gasteiger partial charge in [0.05, 0.1) is 17.3 Å². The molecule has 1 aliphatic rings. The minimum absolute atomic E-state index is 0.0822. The summed E-state index contributed by atoms with van der Waals surface area (Å²) < 4.78 is 38.4. The molecule has 26 heavy (non-hydrogen) atoms. The van der Waals surface area contributed by atoms with Crippen molar-refractivity contribution in [2.24, 2.45) is 0 Å². The van der Waals surface area contributed by atoms with E-state index in [1.54, 1.807) is 17.0 Å². The Bertz CT molecular complexity index is 817. The molecule has 0 bridgehead atoms. The predicted molar refractivity (Wildman–Crippen MR) is 93.0 cm³/mol. The zero-order valence-electron chi connectivity index (χ0n) is 14.3. The fourth-order valence-corrected chi connectivity index (χ4v) is 3.12. The van der Waals surface area contributed by atoms with Gasteiger partial charge in [0, 0.05) is 11.1 Å². The zero-order chi connectivity index (χ0) is 19.1. The molecule has 1 aliphatic carbocycles. The number of carbonyl (C=O) groups excluding carboxylic acids is 1. The van der Waals surface area contributed by atoms with Gasteiger partial charge in [-0.15, -0.1) is 0 Å². The van der Waals surface area contributed by atoms with E-state index in [1.807, 2.05) is 19.1 Å². The molecule has 1 fully saturated rings. The molecule has 1 heterocycles. The maximum atomic E-state index is 13.1. The van der Waals surface area contributed by atoms with Crippen LogP contribution in [0, 0.1) is 6.92 Å². The molecule has 0 aliphatic heterocycles. The lowest BCUT2D eigenvalue weighted by Crippen LogP contribution is -2.36. The smallest absolute Gasteiger partial charge is 0.329 e. The molecule has 2 aromatic rings. The average Bonchev–Trinajstić information content (AvgIpc) is 3.39. The first kappa shape index (κ1) is 18.7. The summed E-state index contributed by atoms with van der Waals surface area (Å²) in [6.07, 6.45) is -2.76. The van der Waals surface area contributed by atoms with Crippen LogP contribution in [-0.2, 0) is 6.18 Å². The molecule has 0 N–H and O–H groups in total. The Labute approximate surface area is 154 Å². The van der Waals surface area contributed by atoms with Crippen LogP contribution in [0.4, 0.5) is 13.2 Å². The summed E-state index contributed by atoms with van der Waals surface area (Å²) in [6.45, 7) is 3.34. The van der Waals surface area contributed by atoms with Gasteiger partial charge in [-0.1, -0.05) is 23.7 Å². The maximum Gasteiger partial charge on any atom is 0.433 e. The van der Waals surface area contributed by atoms with Crippen molar-refractivity contribution in [2.75, 3.05) is 0 Å². The summed E-state index contributed by atoms with van der Waals surface area (Å²) >= 11 is 5.92. The van der Waals surface area contributed by atoms with E-state index in [-0.39, 0.29) is 29.2 Å². The lowest BCUT2D eigenvalue weighted by Gasteiger charge is -2.30. The van der Waals surface area contributed by atoms with Crippen molar-refractivity contribution in [3.05, 3.63) is 63.9 Å². The van der Waals surface area contributed by atoms with Gasteiger partial charge in [0.1, 0.15) is 5.69 Å². The van der Waals surface area contributed by atoms with Crippen LogP contribution in [0.25, 0.3) is 0 Å². The number of alkyl halides is 3. The number of hydrogen-bond donors (Lipinski definition) is 0. The van der Waals surface area contributed by atoms with Gasteiger partial charge in [0.25, 0.3) is 5.91 Å². The Morgan fingerprint density at radius 1 is 1.19 bits per heavy atom. The SMILES string of the molecule is Cc1nc(C(F)(F)F)ccc1C(=O)N(C1CC1)C(C)c1ccc(Cl)cc1. The highest BCUT2D eigenvalue weighted by molar-refractivity contribution is 6.30. The minimum Gasteiger partial charge on any atom is -0.329 e. The molecule has 138 valence electrons. The molecule has 0 radical (unpaired) electrons. The number of aryl methyl sites for hydroxylation is 1. The van der Waals surface area contributed by atoms with Crippen LogP contribution in [0.3, 0.4) is 0 Å². The molecule has 1 amide bonds. The Hall–Kier alpha value is -2.08. The lowest BCUT2D eigenvalue weighted by atomic mass is 10.0. The first-order valence-electron chi connectivity index (χ1n) is 8.31. The van der Waals surface area contributed by atoms with E-state index < -0.39 is 11.9 Å². The van der Waals surface area contributed by atoms with Crippen LogP contribution < -0.4 is 0 Å². The summed E-state index contributed by atoms with van der Waals surface area (Å²) in [7, 11) is 0. The number of amides is 1. The number of pyridine rings is 1. The molecule has 3 nitrogen and oxygen atoms in total. The highest BCUT2D eigenvalue weighted by atomic mass is 35.5. The first-order valence-corrected chi connectivity index (χ1v) is 8.69. The normalized spacial score (nSPS) is 15.6. The van der Waals surface area contributed by atoms with Crippen molar-refractivity contribution in [3.63, 3.8) is 0 Å². The van der Waals surface area contributed by atoms with Gasteiger partial charge in [0.2, 0.25) is 0 Å². The van der Waals surface area contributed by atoms with E-state index in [0.717, 1.165) is 24.5 Å². The fourth-order valence-electron chi connectivity index (χ4n) is 3.00. The van der Waals surface area contributed by atoms with Crippen LogP contribution in [0.5, 0.6) is 0 Å². The molecule has 1 saturated carbocycles. The maximum absolute atomic E-state index is 13.1. The number of carbonyl (C=O) groups is 1. The predicted octanol–water partition coefficient (Wildman–Crippen LogP) is 5.43. The molecule has 1 unspecified atom stereocenters. The van der Waals surface area contributed by atoms with Crippen LogP contribution in [0.15, 0.2) is 36.4 Å². The molecule has 0 saturated heterocycles. The number of benzene rings is 1. The third-order valence-electron chi connectivity index (χ3n) is 4.55. The minimum atomic E-state index is -4.53. The van der Waals surface area contributed by atoms with Crippen molar-refractivity contribution in [1.29, 1.82) is 0 Å². The summed E-state index contributed by atoms with van der Waals surface area (Å²) in [6, 6.07) is 9.18. The van der Waals surface area contributed by atoms with E-state index in [9.17, 15) is 18.0 Å². The Balaban J connectivity index is 1.91. The number of aromatic nitrogens is 1. The molecule has 3 rings (SSSR count). The van der Waals surface area contributed by atoms with Gasteiger partial charge in [-0.25, -0.2) is 4.98 Å². The third-order valence-corrected chi connectivity index (χ3v) is 4.80. The van der Waals surface area contributed by atoms with E-state index in [4.69, 9.17) is 11.6 Å². The zero-order valence-corrected chi connectivity index (χ0v) is 15.1. The lowest BCUT2D eigenvalue weighted by molar-refractivity contribution is -0.141. The summed E-state index contributed by atoms with van der Waals surface area (Å²) in [5, 5.41) is 0.605. The molecule has 7 heteroatoms. The van der Waals surface area contributed by atoms with E-state index in [0.29, 0.717) is 5.02 Å². The Kier molecular flexibility index (Phi) is 4.97. The first-order chi connectivity index (χ1) is 12.2. The van der Waals surface area contributed by atoms with Gasteiger partial charge in [-0.05, 0) is 56.5 Å². The topological polar surface area (TPSA) is 33.2 Å². The molecular formula is C19H18ClF3N2O. The number of rotatable bonds is 4. The highest BCUT2D eigenvalue weighted by Gasteiger charge is 2.38. The van der Waals surface area contributed by atoms with Crippen LogP contribution in [0.1, 0.15) is 53.1 Å². The van der Waals surface area contributed by atoms with Gasteiger partial charge in [-0.3, -0.25) is 4.79 Å². The second-order valence-corrected chi connectivity index (χ2v) is 6.93. The van der Waals surface area contributed by atoms with Crippen molar-refractivity contribution in [1.82, 2.24) is 9.88 Å². The summed E-state index contributed by atoms with van der Waals surface area (Å²) in [5.41, 5.74) is 0.215. The summed E-state index contributed by atoms with van der Waals surface area (Å²) in [4.78, 5) is 18.4. The summed E-state index contributed by atoms with van der Waals surface area (Å²) in [5.74, 6) is -0.298. The molecular weight excluding hydrogens is 365 g/mol. The number of halogens is 4. The van der Waals surface area contributed by atoms with Crippen molar-refractivity contribution in [3.8, 4) is 0 Å². The van der Waals surface area contributed by atoms with Gasteiger partial charge >= 0.3 is 6.18 Å². The molecule has 1 atom stereocenters. The highest BCUT2D eigenvalue weighted by Crippen LogP contribution is 2.36. The van der Waals surface area contributed by atoms with Crippen LogP contribution in [-0.4, -0.2) is 21.8 Å². The van der Waals surface area contributed by atoms with E-state index >= 15 is 0 Å². The Morgan fingerprint density at radius 3 is 2.31 bits per heavy atom. The standard InChI is InChI=1S/C19H18ClF3N2O/c1-11-16(9-10-17(24-11)19(21,22)23)18(26)25(15-7-8-15)12(2)13-3-5-14(20)6-4-13/h3-6,9-10,12,15H,7-8H2,1-2H3. The second-order valence-electron chi connectivity index (χ2n) is 6.50. The van der Waals surface area contributed by atoms with Crippen molar-refractivity contribution >= 4 is 17.5 Å². The third kappa shape index (κ3) is 3.85.